The van der Waals surface area contributed by atoms with Crippen LogP contribution < -0.4 is 0 Å². The second-order valence-corrected chi connectivity index (χ2v) is 4.99. The molecule has 0 aliphatic heterocycles. The smallest absolute Gasteiger partial charge is 0.327 e. The monoisotopic (exact) mass is 284 g/mol. The first-order valence-corrected chi connectivity index (χ1v) is 7.11. The summed E-state index contributed by atoms with van der Waals surface area (Å²) in [5.74, 6) is -1.25. The van der Waals surface area contributed by atoms with Gasteiger partial charge in [0.05, 0.1) is 13.2 Å². The minimum atomic E-state index is -1.11. The van der Waals surface area contributed by atoms with Gasteiger partial charge in [0.15, 0.2) is 0 Å². The van der Waals surface area contributed by atoms with Crippen molar-refractivity contribution in [2.45, 2.75) is 38.5 Å². The van der Waals surface area contributed by atoms with Gasteiger partial charge in [0, 0.05) is 5.92 Å². The van der Waals surface area contributed by atoms with Gasteiger partial charge in [-0.25, -0.2) is 4.98 Å². The van der Waals surface area contributed by atoms with Crippen LogP contribution in [0.4, 0.5) is 0 Å². The number of aromatic nitrogens is 2. The highest BCUT2D eigenvalue weighted by Gasteiger charge is 2.36. The molecule has 6 nitrogen and oxygen atoms in total. The average molecular weight is 284 g/mol. The molecule has 1 aliphatic rings. The zero-order chi connectivity index (χ0) is 13.8. The van der Waals surface area contributed by atoms with E-state index in [2.05, 4.69) is 9.36 Å². The van der Waals surface area contributed by atoms with E-state index in [9.17, 15) is 9.59 Å². The van der Waals surface area contributed by atoms with Crippen molar-refractivity contribution in [3.63, 3.8) is 0 Å². The van der Waals surface area contributed by atoms with Crippen molar-refractivity contribution >= 4 is 23.5 Å². The molecular weight excluding hydrogens is 268 g/mol. The maximum absolute atomic E-state index is 11.9. The number of hydrogen-bond donors (Lipinski definition) is 0. The third-order valence-electron chi connectivity index (χ3n) is 2.69. The van der Waals surface area contributed by atoms with E-state index in [1.807, 2.05) is 0 Å². The predicted octanol–water partition coefficient (Wildman–Crippen LogP) is 1.63. The number of carbonyl (C=O) groups is 2. The van der Waals surface area contributed by atoms with Gasteiger partial charge in [0.2, 0.25) is 5.92 Å². The molecular formula is C12H16N2O4S. The summed E-state index contributed by atoms with van der Waals surface area (Å²) in [7, 11) is 0. The molecule has 0 amide bonds. The van der Waals surface area contributed by atoms with E-state index in [0.29, 0.717) is 10.9 Å². The summed E-state index contributed by atoms with van der Waals surface area (Å²) >= 11 is 1.07. The van der Waals surface area contributed by atoms with Gasteiger partial charge in [-0.3, -0.25) is 9.59 Å². The van der Waals surface area contributed by atoms with Gasteiger partial charge in [-0.15, -0.1) is 0 Å². The number of rotatable bonds is 6. The molecule has 1 aromatic rings. The summed E-state index contributed by atoms with van der Waals surface area (Å²) in [6.45, 7) is 3.80. The highest BCUT2D eigenvalue weighted by atomic mass is 32.1. The predicted molar refractivity (Wildman–Crippen MR) is 67.9 cm³/mol. The van der Waals surface area contributed by atoms with E-state index in [4.69, 9.17) is 9.47 Å². The molecule has 1 heterocycles. The lowest BCUT2D eigenvalue weighted by Crippen LogP contribution is -2.26. The minimum Gasteiger partial charge on any atom is -0.465 e. The first-order valence-electron chi connectivity index (χ1n) is 6.34. The second kappa shape index (κ2) is 6.10. The Bertz CT molecular complexity index is 452. The zero-order valence-corrected chi connectivity index (χ0v) is 11.7. The molecule has 0 aromatic carbocycles. The Kier molecular flexibility index (Phi) is 4.47. The third-order valence-corrected chi connectivity index (χ3v) is 3.48. The molecule has 7 heteroatoms. The molecule has 1 aromatic heterocycles. The summed E-state index contributed by atoms with van der Waals surface area (Å²) < 4.78 is 14.0. The van der Waals surface area contributed by atoms with Crippen molar-refractivity contribution in [3.8, 4) is 0 Å². The lowest BCUT2D eigenvalue weighted by Gasteiger charge is -2.11. The standard InChI is InChI=1S/C12H16N2O4S/c1-3-17-11(15)8(12(16)18-4-2)10-13-9(14-19-10)7-5-6-7/h7-8H,3-6H2,1-2H3. The topological polar surface area (TPSA) is 78.4 Å². The molecule has 0 radical (unpaired) electrons. The van der Waals surface area contributed by atoms with Crippen LogP contribution in [-0.2, 0) is 19.1 Å². The van der Waals surface area contributed by atoms with Crippen molar-refractivity contribution < 1.29 is 19.1 Å². The number of nitrogens with zero attached hydrogens (tertiary/aromatic N) is 2. The van der Waals surface area contributed by atoms with Crippen molar-refractivity contribution in [3.05, 3.63) is 10.8 Å². The van der Waals surface area contributed by atoms with E-state index < -0.39 is 17.9 Å². The average Bonchev–Trinajstić information content (AvgIpc) is 3.11. The first-order chi connectivity index (χ1) is 9.17. The normalized spacial score (nSPS) is 14.5. The maximum atomic E-state index is 11.9. The highest BCUT2D eigenvalue weighted by Crippen LogP contribution is 2.39. The van der Waals surface area contributed by atoms with Crippen LogP contribution in [0.1, 0.15) is 49.4 Å². The number of hydrogen-bond acceptors (Lipinski definition) is 7. The van der Waals surface area contributed by atoms with E-state index in [1.54, 1.807) is 13.8 Å². The van der Waals surface area contributed by atoms with Crippen molar-refractivity contribution in [2.75, 3.05) is 13.2 Å². The Morgan fingerprint density at radius 1 is 1.26 bits per heavy atom. The highest BCUT2D eigenvalue weighted by molar-refractivity contribution is 7.05. The summed E-state index contributed by atoms with van der Waals surface area (Å²) in [6, 6.07) is 0. The Morgan fingerprint density at radius 3 is 2.32 bits per heavy atom. The number of carbonyl (C=O) groups excluding carboxylic acids is 2. The quantitative estimate of drug-likeness (QED) is 0.583. The third kappa shape index (κ3) is 3.28. The Morgan fingerprint density at radius 2 is 1.84 bits per heavy atom. The van der Waals surface area contributed by atoms with E-state index >= 15 is 0 Å². The Balaban J connectivity index is 2.18. The summed E-state index contributed by atoms with van der Waals surface area (Å²) in [5, 5.41) is 0.360. The lowest BCUT2D eigenvalue weighted by molar-refractivity contribution is -0.156. The summed E-state index contributed by atoms with van der Waals surface area (Å²) in [4.78, 5) is 28.0. The second-order valence-electron chi connectivity index (χ2n) is 4.20. The van der Waals surface area contributed by atoms with E-state index in [0.717, 1.165) is 30.2 Å². The summed E-state index contributed by atoms with van der Waals surface area (Å²) in [6.07, 6.45) is 2.14. The molecule has 0 atom stereocenters. The summed E-state index contributed by atoms with van der Waals surface area (Å²) in [5.41, 5.74) is 0. The van der Waals surface area contributed by atoms with Crippen LogP contribution in [0.15, 0.2) is 0 Å². The van der Waals surface area contributed by atoms with Gasteiger partial charge in [-0.2, -0.15) is 4.37 Å². The van der Waals surface area contributed by atoms with E-state index in [-0.39, 0.29) is 13.2 Å². The van der Waals surface area contributed by atoms with Crippen LogP contribution >= 0.6 is 11.5 Å². The largest absolute Gasteiger partial charge is 0.465 e. The van der Waals surface area contributed by atoms with Gasteiger partial charge < -0.3 is 9.47 Å². The molecule has 19 heavy (non-hydrogen) atoms. The van der Waals surface area contributed by atoms with E-state index in [1.165, 1.54) is 0 Å². The van der Waals surface area contributed by atoms with Crippen LogP contribution in [0.2, 0.25) is 0 Å². The molecule has 1 saturated carbocycles. The van der Waals surface area contributed by atoms with Crippen molar-refractivity contribution in [2.24, 2.45) is 0 Å². The lowest BCUT2D eigenvalue weighted by atomic mass is 10.1. The molecule has 0 saturated heterocycles. The molecule has 2 rings (SSSR count). The van der Waals surface area contributed by atoms with Gasteiger partial charge in [0.1, 0.15) is 10.8 Å². The fourth-order valence-electron chi connectivity index (χ4n) is 1.62. The molecule has 0 spiro atoms. The number of esters is 2. The SMILES string of the molecule is CCOC(=O)C(C(=O)OCC)c1nc(C2CC2)ns1. The van der Waals surface area contributed by atoms with Crippen LogP contribution in [0, 0.1) is 0 Å². The number of ether oxygens (including phenoxy) is 2. The zero-order valence-electron chi connectivity index (χ0n) is 10.9. The van der Waals surface area contributed by atoms with Gasteiger partial charge >= 0.3 is 11.9 Å². The fraction of sp³-hybridized carbons (Fsp3) is 0.667. The molecule has 104 valence electrons. The van der Waals surface area contributed by atoms with Gasteiger partial charge in [-0.05, 0) is 38.2 Å². The molecule has 0 bridgehead atoms. The fourth-order valence-corrected chi connectivity index (χ4v) is 2.43. The first kappa shape index (κ1) is 13.9. The van der Waals surface area contributed by atoms with Crippen molar-refractivity contribution in [1.29, 1.82) is 0 Å². The van der Waals surface area contributed by atoms with Crippen LogP contribution in [0.3, 0.4) is 0 Å². The molecule has 0 unspecified atom stereocenters. The van der Waals surface area contributed by atoms with Crippen molar-refractivity contribution in [1.82, 2.24) is 9.36 Å². The van der Waals surface area contributed by atoms with Gasteiger partial charge in [0.25, 0.3) is 0 Å². The van der Waals surface area contributed by atoms with Gasteiger partial charge in [-0.1, -0.05) is 0 Å². The molecule has 1 fully saturated rings. The minimum absolute atomic E-state index is 0.211. The maximum Gasteiger partial charge on any atom is 0.327 e. The molecule has 0 N–H and O–H groups in total. The Hall–Kier alpha value is -1.50. The van der Waals surface area contributed by atoms with Crippen LogP contribution in [-0.4, -0.2) is 34.5 Å². The Labute approximate surface area is 115 Å². The van der Waals surface area contributed by atoms with Crippen LogP contribution in [0.25, 0.3) is 0 Å². The van der Waals surface area contributed by atoms with Crippen LogP contribution in [0.5, 0.6) is 0 Å². The molecule has 1 aliphatic carbocycles.